The lowest BCUT2D eigenvalue weighted by Gasteiger charge is -2.32. The van der Waals surface area contributed by atoms with Gasteiger partial charge in [0.05, 0.1) is 6.61 Å². The summed E-state index contributed by atoms with van der Waals surface area (Å²) in [6.07, 6.45) is -1.53. The van der Waals surface area contributed by atoms with Crippen LogP contribution < -0.4 is 10.5 Å². The lowest BCUT2D eigenvalue weighted by atomic mass is 9.83. The van der Waals surface area contributed by atoms with Crippen molar-refractivity contribution in [2.75, 3.05) is 6.61 Å². The molecule has 0 saturated heterocycles. The molecule has 0 heterocycles. The van der Waals surface area contributed by atoms with E-state index in [2.05, 4.69) is 13.8 Å². The maximum Gasteiger partial charge on any atom is 0.405 e. The normalized spacial score (nSPS) is 15.6. The Balaban J connectivity index is 2.89. The number of hydrogen-bond acceptors (Lipinski definition) is 4. The first-order chi connectivity index (χ1) is 10.6. The first kappa shape index (κ1) is 19.3. The topological polar surface area (TPSA) is 81.8 Å². The second-order valence-electron chi connectivity index (χ2n) is 7.06. The maximum absolute atomic E-state index is 11.2. The smallest absolute Gasteiger partial charge is 0.405 e. The maximum atomic E-state index is 11.2. The summed E-state index contributed by atoms with van der Waals surface area (Å²) in [6.45, 7) is 10.5. The number of aliphatic hydroxyl groups excluding tert-OH is 1. The first-order valence-electron chi connectivity index (χ1n) is 8.02. The molecule has 1 aromatic rings. The van der Waals surface area contributed by atoms with Crippen LogP contribution in [0.3, 0.4) is 0 Å². The van der Waals surface area contributed by atoms with E-state index in [-0.39, 0.29) is 0 Å². The van der Waals surface area contributed by atoms with Gasteiger partial charge in [0.15, 0.2) is 6.10 Å². The molecule has 0 bridgehead atoms. The van der Waals surface area contributed by atoms with Crippen LogP contribution in [0.15, 0.2) is 24.3 Å². The number of hydrogen-bond donors (Lipinski definition) is 2. The Morgan fingerprint density at radius 3 is 2.26 bits per heavy atom. The van der Waals surface area contributed by atoms with Crippen molar-refractivity contribution in [3.05, 3.63) is 29.8 Å². The zero-order valence-electron chi connectivity index (χ0n) is 14.7. The Kier molecular flexibility index (Phi) is 6.88. The minimum absolute atomic E-state index is 0.453. The summed E-state index contributed by atoms with van der Waals surface area (Å²) in [7, 11) is 0. The van der Waals surface area contributed by atoms with Crippen molar-refractivity contribution in [2.24, 2.45) is 17.1 Å². The molecule has 0 radical (unpaired) electrons. The SMILES string of the molecule is CC[C@H](C)COc1ccc(C(OC(N)=O)[C@@H](O)C(C)(C)C)cc1. The molecular formula is C18H29NO4. The van der Waals surface area contributed by atoms with Gasteiger partial charge in [0.1, 0.15) is 11.9 Å². The molecule has 1 aromatic carbocycles. The molecule has 1 amide bonds. The molecule has 0 aliphatic heterocycles. The molecule has 0 saturated carbocycles. The number of rotatable bonds is 7. The summed E-state index contributed by atoms with van der Waals surface area (Å²) in [4.78, 5) is 11.2. The molecule has 0 aliphatic rings. The molecule has 1 rings (SSSR count). The summed E-state index contributed by atoms with van der Waals surface area (Å²) < 4.78 is 10.8. The van der Waals surface area contributed by atoms with Crippen LogP contribution in [0.1, 0.15) is 52.7 Å². The summed E-state index contributed by atoms with van der Waals surface area (Å²) in [6, 6.07) is 7.19. The van der Waals surface area contributed by atoms with Gasteiger partial charge in [-0.2, -0.15) is 0 Å². The zero-order valence-corrected chi connectivity index (χ0v) is 14.7. The van der Waals surface area contributed by atoms with E-state index in [4.69, 9.17) is 15.2 Å². The second-order valence-corrected chi connectivity index (χ2v) is 7.06. The number of primary amides is 1. The molecule has 130 valence electrons. The van der Waals surface area contributed by atoms with Gasteiger partial charge in [0.2, 0.25) is 0 Å². The van der Waals surface area contributed by atoms with Gasteiger partial charge in [-0.3, -0.25) is 0 Å². The van der Waals surface area contributed by atoms with Gasteiger partial charge in [-0.05, 0) is 29.0 Å². The van der Waals surface area contributed by atoms with Crippen molar-refractivity contribution in [3.63, 3.8) is 0 Å². The highest BCUT2D eigenvalue weighted by atomic mass is 16.6. The molecule has 1 unspecified atom stereocenters. The van der Waals surface area contributed by atoms with E-state index < -0.39 is 23.7 Å². The van der Waals surface area contributed by atoms with Crippen LogP contribution in [0.25, 0.3) is 0 Å². The largest absolute Gasteiger partial charge is 0.493 e. The molecule has 5 nitrogen and oxygen atoms in total. The minimum atomic E-state index is -0.907. The third-order valence-corrected chi connectivity index (χ3v) is 3.86. The van der Waals surface area contributed by atoms with Crippen LogP contribution >= 0.6 is 0 Å². The van der Waals surface area contributed by atoms with Crippen molar-refractivity contribution in [3.8, 4) is 5.75 Å². The van der Waals surface area contributed by atoms with Crippen LogP contribution in [0.2, 0.25) is 0 Å². The van der Waals surface area contributed by atoms with E-state index in [0.29, 0.717) is 18.1 Å². The number of carbonyl (C=O) groups excluding carboxylic acids is 1. The second kappa shape index (κ2) is 8.20. The zero-order chi connectivity index (χ0) is 17.6. The number of amides is 1. The van der Waals surface area contributed by atoms with E-state index in [1.54, 1.807) is 12.1 Å². The fourth-order valence-corrected chi connectivity index (χ4v) is 2.00. The van der Waals surface area contributed by atoms with Crippen molar-refractivity contribution in [2.45, 2.75) is 53.2 Å². The highest BCUT2D eigenvalue weighted by Crippen LogP contribution is 2.33. The predicted octanol–water partition coefficient (Wildman–Crippen LogP) is 3.65. The summed E-state index contributed by atoms with van der Waals surface area (Å²) >= 11 is 0. The molecule has 0 spiro atoms. The van der Waals surface area contributed by atoms with E-state index >= 15 is 0 Å². The van der Waals surface area contributed by atoms with Gasteiger partial charge >= 0.3 is 6.09 Å². The molecule has 3 N–H and O–H groups in total. The van der Waals surface area contributed by atoms with Gasteiger partial charge in [-0.15, -0.1) is 0 Å². The van der Waals surface area contributed by atoms with Crippen LogP contribution in [0.5, 0.6) is 5.75 Å². The van der Waals surface area contributed by atoms with Crippen LogP contribution in [-0.4, -0.2) is 23.9 Å². The van der Waals surface area contributed by atoms with Gasteiger partial charge in [0.25, 0.3) is 0 Å². The first-order valence-corrected chi connectivity index (χ1v) is 8.02. The van der Waals surface area contributed by atoms with Crippen molar-refractivity contribution >= 4 is 6.09 Å². The molecule has 0 aliphatic carbocycles. The van der Waals surface area contributed by atoms with Gasteiger partial charge < -0.3 is 20.3 Å². The molecule has 5 heteroatoms. The molecule has 3 atom stereocenters. The predicted molar refractivity (Wildman–Crippen MR) is 90.3 cm³/mol. The average molecular weight is 323 g/mol. The number of nitrogens with two attached hydrogens (primary N) is 1. The van der Waals surface area contributed by atoms with Crippen molar-refractivity contribution in [1.29, 1.82) is 0 Å². The standard InChI is InChI=1S/C18H29NO4/c1-6-12(2)11-22-14-9-7-13(8-10-14)15(23-17(19)21)16(20)18(3,4)5/h7-10,12,15-16,20H,6,11H2,1-5H3,(H2,19,21)/t12-,15?,16+/m0/s1. The number of aliphatic hydroxyl groups is 1. The Morgan fingerprint density at radius 1 is 1.26 bits per heavy atom. The molecular weight excluding hydrogens is 294 g/mol. The van der Waals surface area contributed by atoms with E-state index in [1.165, 1.54) is 0 Å². The van der Waals surface area contributed by atoms with Crippen molar-refractivity contribution in [1.82, 2.24) is 0 Å². The highest BCUT2D eigenvalue weighted by Gasteiger charge is 2.34. The van der Waals surface area contributed by atoms with E-state index in [1.807, 2.05) is 32.9 Å². The number of ether oxygens (including phenoxy) is 2. The molecule has 0 aromatic heterocycles. The summed E-state index contributed by atoms with van der Waals surface area (Å²) in [5, 5.41) is 10.5. The Bertz CT molecular complexity index is 493. The average Bonchev–Trinajstić information content (AvgIpc) is 2.49. The van der Waals surface area contributed by atoms with Crippen LogP contribution in [-0.2, 0) is 4.74 Å². The summed E-state index contributed by atoms with van der Waals surface area (Å²) in [5.74, 6) is 1.24. The lowest BCUT2D eigenvalue weighted by molar-refractivity contribution is -0.0508. The Hall–Kier alpha value is -1.75. The quantitative estimate of drug-likeness (QED) is 0.802. The van der Waals surface area contributed by atoms with E-state index in [9.17, 15) is 9.90 Å². The highest BCUT2D eigenvalue weighted by molar-refractivity contribution is 5.65. The molecule has 23 heavy (non-hydrogen) atoms. The van der Waals surface area contributed by atoms with Gasteiger partial charge in [-0.1, -0.05) is 53.2 Å². The lowest BCUT2D eigenvalue weighted by Crippen LogP contribution is -2.36. The Morgan fingerprint density at radius 2 is 1.83 bits per heavy atom. The minimum Gasteiger partial charge on any atom is -0.493 e. The van der Waals surface area contributed by atoms with E-state index in [0.717, 1.165) is 12.2 Å². The monoisotopic (exact) mass is 323 g/mol. The third-order valence-electron chi connectivity index (χ3n) is 3.86. The van der Waals surface area contributed by atoms with Gasteiger partial charge in [0, 0.05) is 0 Å². The fourth-order valence-electron chi connectivity index (χ4n) is 2.00. The molecule has 0 fully saturated rings. The Labute approximate surface area is 138 Å². The third kappa shape index (κ3) is 6.10. The number of benzene rings is 1. The summed E-state index contributed by atoms with van der Waals surface area (Å²) in [5.41, 5.74) is 5.37. The fraction of sp³-hybridized carbons (Fsp3) is 0.611. The number of carbonyl (C=O) groups is 1. The van der Waals surface area contributed by atoms with Crippen LogP contribution in [0, 0.1) is 11.3 Å². The van der Waals surface area contributed by atoms with Crippen molar-refractivity contribution < 1.29 is 19.4 Å². The van der Waals surface area contributed by atoms with Crippen LogP contribution in [0.4, 0.5) is 4.79 Å². The van der Waals surface area contributed by atoms with Gasteiger partial charge in [-0.25, -0.2) is 4.79 Å².